The molecule has 0 spiro atoms. The summed E-state index contributed by atoms with van der Waals surface area (Å²) in [6.45, 7) is 5.07. The summed E-state index contributed by atoms with van der Waals surface area (Å²) >= 11 is 6.26. The van der Waals surface area contributed by atoms with Crippen LogP contribution >= 0.6 is 11.6 Å². The van der Waals surface area contributed by atoms with Gasteiger partial charge in [-0.15, -0.1) is 0 Å². The number of anilines is 1. The molecule has 1 aliphatic rings. The lowest BCUT2D eigenvalue weighted by atomic mass is 10.1. The molecule has 0 bridgehead atoms. The fourth-order valence-corrected chi connectivity index (χ4v) is 2.84. The topological polar surface area (TPSA) is 17.3 Å². The van der Waals surface area contributed by atoms with Crippen LogP contribution in [0.5, 0.6) is 0 Å². The van der Waals surface area contributed by atoms with Gasteiger partial charge in [-0.25, -0.2) is 5.32 Å². The maximum Gasteiger partial charge on any atom is 0.0485 e. The molecule has 1 fully saturated rings. The first kappa shape index (κ1) is 11.8. The van der Waals surface area contributed by atoms with E-state index in [4.69, 9.17) is 11.6 Å². The van der Waals surface area contributed by atoms with Gasteiger partial charge in [0.15, 0.2) is 0 Å². The van der Waals surface area contributed by atoms with Crippen LogP contribution in [0.3, 0.4) is 0 Å². The number of piperazine rings is 1. The quantitative estimate of drug-likeness (QED) is 0.768. The minimum Gasteiger partial charge on any atom is -0.368 e. The van der Waals surface area contributed by atoms with Gasteiger partial charge in [-0.2, -0.15) is 0 Å². The van der Waals surface area contributed by atoms with Crippen molar-refractivity contribution in [2.45, 2.75) is 13.0 Å². The Morgan fingerprint density at radius 1 is 1.17 bits per heavy atom. The van der Waals surface area contributed by atoms with Crippen molar-refractivity contribution in [1.29, 1.82) is 0 Å². The second-order valence-electron chi connectivity index (χ2n) is 4.81. The van der Waals surface area contributed by atoms with Crippen molar-refractivity contribution >= 4 is 28.1 Å². The van der Waals surface area contributed by atoms with Gasteiger partial charge < -0.3 is 4.90 Å². The third kappa shape index (κ3) is 2.06. The molecule has 2 nitrogen and oxygen atoms in total. The minimum absolute atomic E-state index is 0.410. The average Bonchev–Trinajstić information content (AvgIpc) is 2.39. The zero-order chi connectivity index (χ0) is 12.5. The number of nitrogens with zero attached hydrogens (tertiary/aromatic N) is 2. The zero-order valence-corrected chi connectivity index (χ0v) is 11.2. The van der Waals surface area contributed by atoms with E-state index in [1.54, 1.807) is 0 Å². The highest BCUT2D eigenvalue weighted by molar-refractivity contribution is 6.36. The van der Waals surface area contributed by atoms with Crippen molar-refractivity contribution in [3.8, 4) is 0 Å². The number of hydrogen-bond acceptors (Lipinski definition) is 1. The molecule has 0 unspecified atom stereocenters. The van der Waals surface area contributed by atoms with Crippen molar-refractivity contribution < 1.29 is 0 Å². The SMILES string of the molecule is C[C@@H]1CN(c2ccc(Cl)c3ccccc23)CC[N]1. The first-order valence-electron chi connectivity index (χ1n) is 6.34. The van der Waals surface area contributed by atoms with E-state index in [0.29, 0.717) is 6.04 Å². The highest BCUT2D eigenvalue weighted by atomic mass is 35.5. The molecule has 18 heavy (non-hydrogen) atoms. The summed E-state index contributed by atoms with van der Waals surface area (Å²) in [5.41, 5.74) is 1.27. The Hall–Kier alpha value is -1.25. The Balaban J connectivity index is 2.09. The molecule has 0 aliphatic carbocycles. The van der Waals surface area contributed by atoms with Crippen molar-refractivity contribution in [3.63, 3.8) is 0 Å². The summed E-state index contributed by atoms with van der Waals surface area (Å²) in [5.74, 6) is 0. The number of benzene rings is 2. The summed E-state index contributed by atoms with van der Waals surface area (Å²) in [6, 6.07) is 12.9. The van der Waals surface area contributed by atoms with Gasteiger partial charge in [0.05, 0.1) is 0 Å². The van der Waals surface area contributed by atoms with Crippen molar-refractivity contribution in [2.75, 3.05) is 24.5 Å². The standard InChI is InChI=1S/C15H16ClN2/c1-11-10-18(9-8-17-11)15-7-6-14(16)12-4-2-3-5-13(12)15/h2-7,11H,8-10H2,1H3/t11-/m1/s1. The van der Waals surface area contributed by atoms with Gasteiger partial charge in [0, 0.05) is 47.2 Å². The van der Waals surface area contributed by atoms with E-state index in [9.17, 15) is 0 Å². The van der Waals surface area contributed by atoms with Crippen molar-refractivity contribution in [2.24, 2.45) is 0 Å². The maximum atomic E-state index is 6.26. The van der Waals surface area contributed by atoms with E-state index in [-0.39, 0.29) is 0 Å². The van der Waals surface area contributed by atoms with Gasteiger partial charge in [0.2, 0.25) is 0 Å². The van der Waals surface area contributed by atoms with E-state index >= 15 is 0 Å². The van der Waals surface area contributed by atoms with Gasteiger partial charge in [-0.3, -0.25) is 0 Å². The lowest BCUT2D eigenvalue weighted by Crippen LogP contribution is -2.45. The highest BCUT2D eigenvalue weighted by Gasteiger charge is 2.18. The van der Waals surface area contributed by atoms with E-state index in [0.717, 1.165) is 30.0 Å². The van der Waals surface area contributed by atoms with Gasteiger partial charge in [-0.1, -0.05) is 35.9 Å². The fraction of sp³-hybridized carbons (Fsp3) is 0.333. The summed E-state index contributed by atoms with van der Waals surface area (Å²) in [4.78, 5) is 2.41. The lowest BCUT2D eigenvalue weighted by molar-refractivity contribution is 0.476. The predicted octanol–water partition coefficient (Wildman–Crippen LogP) is 3.31. The van der Waals surface area contributed by atoms with Crippen molar-refractivity contribution in [1.82, 2.24) is 5.32 Å². The second kappa shape index (κ2) is 4.79. The summed E-state index contributed by atoms with van der Waals surface area (Å²) in [7, 11) is 0. The molecule has 93 valence electrons. The van der Waals surface area contributed by atoms with Crippen LogP contribution in [0.25, 0.3) is 10.8 Å². The Morgan fingerprint density at radius 2 is 1.94 bits per heavy atom. The van der Waals surface area contributed by atoms with E-state index in [2.05, 4.69) is 41.4 Å². The second-order valence-corrected chi connectivity index (χ2v) is 5.22. The molecule has 1 saturated heterocycles. The summed E-state index contributed by atoms with van der Waals surface area (Å²) < 4.78 is 0. The van der Waals surface area contributed by atoms with E-state index in [1.165, 1.54) is 11.1 Å². The highest BCUT2D eigenvalue weighted by Crippen LogP contribution is 2.32. The van der Waals surface area contributed by atoms with Gasteiger partial charge in [-0.05, 0) is 19.1 Å². The molecular formula is C15H16ClN2. The van der Waals surface area contributed by atoms with Gasteiger partial charge in [0.25, 0.3) is 0 Å². The molecule has 1 atom stereocenters. The van der Waals surface area contributed by atoms with Crippen LogP contribution in [0.2, 0.25) is 5.02 Å². The Labute approximate surface area is 113 Å². The predicted molar refractivity (Wildman–Crippen MR) is 77.6 cm³/mol. The third-order valence-corrected chi connectivity index (χ3v) is 3.81. The number of hydrogen-bond donors (Lipinski definition) is 0. The third-order valence-electron chi connectivity index (χ3n) is 3.48. The van der Waals surface area contributed by atoms with Crippen LogP contribution in [0.1, 0.15) is 6.92 Å². The van der Waals surface area contributed by atoms with E-state index < -0.39 is 0 Å². The largest absolute Gasteiger partial charge is 0.368 e. The first-order valence-corrected chi connectivity index (χ1v) is 6.72. The molecule has 3 heteroatoms. The summed E-state index contributed by atoms with van der Waals surface area (Å²) in [5, 5.41) is 7.73. The molecule has 2 aromatic rings. The molecule has 0 amide bonds. The van der Waals surface area contributed by atoms with Gasteiger partial charge in [0.1, 0.15) is 0 Å². The summed E-state index contributed by atoms with van der Waals surface area (Å²) in [6.07, 6.45) is 0. The maximum absolute atomic E-state index is 6.26. The normalized spacial score (nSPS) is 20.3. The molecule has 0 N–H and O–H groups in total. The molecule has 0 aromatic heterocycles. The molecule has 1 radical (unpaired) electrons. The minimum atomic E-state index is 0.410. The number of fused-ring (bicyclic) bond motifs is 1. The Morgan fingerprint density at radius 3 is 2.72 bits per heavy atom. The number of rotatable bonds is 1. The molecule has 3 rings (SSSR count). The molecular weight excluding hydrogens is 244 g/mol. The van der Waals surface area contributed by atoms with Crippen LogP contribution in [0, 0.1) is 0 Å². The van der Waals surface area contributed by atoms with Crippen molar-refractivity contribution in [3.05, 3.63) is 41.4 Å². The molecule has 0 saturated carbocycles. The van der Waals surface area contributed by atoms with Crippen LogP contribution in [-0.4, -0.2) is 25.7 Å². The lowest BCUT2D eigenvalue weighted by Gasteiger charge is -2.33. The number of halogens is 1. The Kier molecular flexibility index (Phi) is 3.14. The monoisotopic (exact) mass is 259 g/mol. The smallest absolute Gasteiger partial charge is 0.0485 e. The molecule has 1 aliphatic heterocycles. The van der Waals surface area contributed by atoms with Crippen LogP contribution in [-0.2, 0) is 0 Å². The van der Waals surface area contributed by atoms with Crippen LogP contribution in [0.15, 0.2) is 36.4 Å². The zero-order valence-electron chi connectivity index (χ0n) is 10.4. The molecule has 1 heterocycles. The van der Waals surface area contributed by atoms with Gasteiger partial charge >= 0.3 is 0 Å². The Bertz CT molecular complexity index is 567. The van der Waals surface area contributed by atoms with Crippen LogP contribution < -0.4 is 10.2 Å². The molecule has 2 aromatic carbocycles. The fourth-order valence-electron chi connectivity index (χ4n) is 2.61. The average molecular weight is 260 g/mol. The van der Waals surface area contributed by atoms with E-state index in [1.807, 2.05) is 12.1 Å². The van der Waals surface area contributed by atoms with Crippen LogP contribution in [0.4, 0.5) is 5.69 Å². The first-order chi connectivity index (χ1) is 8.75.